The third kappa shape index (κ3) is 13.7. The average molecular weight is 875 g/mol. The summed E-state index contributed by atoms with van der Waals surface area (Å²) in [5.41, 5.74) is 3.38. The molecule has 2 N–H and O–H groups in total. The van der Waals surface area contributed by atoms with Crippen molar-refractivity contribution in [2.45, 2.75) is 70.4 Å². The van der Waals surface area contributed by atoms with Crippen molar-refractivity contribution in [2.75, 3.05) is 26.1 Å². The summed E-state index contributed by atoms with van der Waals surface area (Å²) in [5, 5.41) is 16.0. The molecule has 0 spiro atoms. The Kier molecular flexibility index (Phi) is 18.2. The van der Waals surface area contributed by atoms with E-state index in [2.05, 4.69) is 21.4 Å². The molecule has 0 bridgehead atoms. The van der Waals surface area contributed by atoms with Crippen molar-refractivity contribution in [1.29, 1.82) is 5.26 Å². The van der Waals surface area contributed by atoms with Crippen LogP contribution in [0.2, 0.25) is 5.02 Å². The summed E-state index contributed by atoms with van der Waals surface area (Å²) in [7, 11) is 3.10. The van der Waals surface area contributed by atoms with Crippen LogP contribution in [0.25, 0.3) is 11.1 Å². The Morgan fingerprint density at radius 1 is 0.937 bits per heavy atom. The van der Waals surface area contributed by atoms with Gasteiger partial charge in [-0.3, -0.25) is 28.5 Å². The van der Waals surface area contributed by atoms with Gasteiger partial charge in [0.1, 0.15) is 31.0 Å². The lowest BCUT2D eigenvalue weighted by Gasteiger charge is -2.28. The van der Waals surface area contributed by atoms with Crippen LogP contribution in [0.3, 0.4) is 0 Å². The molecule has 1 fully saturated rings. The third-order valence-electron chi connectivity index (χ3n) is 10.6. The molecule has 4 aromatic carbocycles. The van der Waals surface area contributed by atoms with Gasteiger partial charge in [-0.25, -0.2) is 0 Å². The van der Waals surface area contributed by atoms with Gasteiger partial charge >= 0.3 is 5.97 Å². The Morgan fingerprint density at radius 2 is 1.62 bits per heavy atom. The number of ether oxygens (including phenoxy) is 4. The van der Waals surface area contributed by atoms with Crippen molar-refractivity contribution in [2.24, 2.45) is 5.92 Å². The van der Waals surface area contributed by atoms with Crippen molar-refractivity contribution >= 4 is 41.4 Å². The molecule has 13 nitrogen and oxygen atoms in total. The molecule has 2 heterocycles. The Morgan fingerprint density at radius 3 is 2.22 bits per heavy atom. The molecule has 1 saturated heterocycles. The van der Waals surface area contributed by atoms with Gasteiger partial charge in [-0.15, -0.1) is 0 Å². The van der Waals surface area contributed by atoms with Crippen molar-refractivity contribution < 1.29 is 38.1 Å². The van der Waals surface area contributed by atoms with Crippen LogP contribution in [0.15, 0.2) is 120 Å². The third-order valence-corrected chi connectivity index (χ3v) is 10.8. The van der Waals surface area contributed by atoms with Gasteiger partial charge in [0.05, 0.1) is 31.0 Å². The summed E-state index contributed by atoms with van der Waals surface area (Å²) < 4.78 is 23.0. The van der Waals surface area contributed by atoms with Crippen molar-refractivity contribution in [3.8, 4) is 22.9 Å². The topological polar surface area (TPSA) is 175 Å². The van der Waals surface area contributed by atoms with E-state index in [4.69, 9.17) is 25.8 Å². The van der Waals surface area contributed by atoms with Crippen LogP contribution in [-0.2, 0) is 41.8 Å². The minimum Gasteiger partial charge on any atom is -0.495 e. The monoisotopic (exact) mass is 874 g/mol. The first-order valence-corrected chi connectivity index (χ1v) is 21.0. The van der Waals surface area contributed by atoms with E-state index in [9.17, 15) is 29.2 Å². The van der Waals surface area contributed by atoms with Crippen LogP contribution in [-0.4, -0.2) is 61.6 Å². The van der Waals surface area contributed by atoms with E-state index in [1.54, 1.807) is 49.5 Å². The Balaban J connectivity index is 0.000000658. The van der Waals surface area contributed by atoms with Crippen LogP contribution >= 0.6 is 11.6 Å². The number of methoxy groups -OCH3 is 1. The highest BCUT2D eigenvalue weighted by molar-refractivity contribution is 6.31. The van der Waals surface area contributed by atoms with E-state index in [-0.39, 0.29) is 43.0 Å². The zero-order valence-electron chi connectivity index (χ0n) is 35.5. The summed E-state index contributed by atoms with van der Waals surface area (Å²) in [5.74, 6) is -1.13. The first kappa shape index (κ1) is 47.5. The van der Waals surface area contributed by atoms with E-state index < -0.39 is 29.5 Å². The summed E-state index contributed by atoms with van der Waals surface area (Å²) in [6.07, 6.45) is 4.18. The van der Waals surface area contributed by atoms with Gasteiger partial charge in [0.15, 0.2) is 5.78 Å². The number of carbonyl (C=O) groups excluding carboxylic acids is 4. The molecule has 5 aromatic rings. The molecule has 4 unspecified atom stereocenters. The number of carbonyl (C=O) groups is 4. The molecular formula is C49H51ClN4O9. The molecule has 63 heavy (non-hydrogen) atoms. The molecule has 1 aliphatic rings. The van der Waals surface area contributed by atoms with Crippen LogP contribution in [0, 0.1) is 17.2 Å². The van der Waals surface area contributed by atoms with E-state index in [0.717, 1.165) is 30.4 Å². The molecule has 14 heteroatoms. The Bertz CT molecular complexity index is 2400. The van der Waals surface area contributed by atoms with E-state index in [1.807, 2.05) is 67.6 Å². The van der Waals surface area contributed by atoms with Gasteiger partial charge in [-0.1, -0.05) is 79.2 Å². The Labute approximate surface area is 371 Å². The van der Waals surface area contributed by atoms with Gasteiger partial charge in [0, 0.05) is 52.9 Å². The number of nitriles is 1. The number of likely N-dealkylation sites (N-methyl/N-ethyl adjacent to an activating group) is 1. The normalized spacial score (nSPS) is 14.6. The number of benzene rings is 4. The fraction of sp³-hybridized carbons (Fsp3) is 0.306. The number of esters is 1. The first-order valence-electron chi connectivity index (χ1n) is 20.6. The highest BCUT2D eigenvalue weighted by atomic mass is 35.5. The maximum absolute atomic E-state index is 14.0. The van der Waals surface area contributed by atoms with Gasteiger partial charge in [0.2, 0.25) is 5.91 Å². The van der Waals surface area contributed by atoms with Crippen LogP contribution < -0.4 is 20.9 Å². The fourth-order valence-corrected chi connectivity index (χ4v) is 7.39. The lowest BCUT2D eigenvalue weighted by atomic mass is 9.93. The predicted octanol–water partition coefficient (Wildman–Crippen LogP) is 8.09. The van der Waals surface area contributed by atoms with E-state index >= 15 is 0 Å². The fourth-order valence-electron chi connectivity index (χ4n) is 7.22. The minimum absolute atomic E-state index is 0.0902. The molecule has 6 rings (SSSR count). The number of Topliss-reactive ketones (excluding diaryl/α,β-unsaturated/α-hetero) is 1. The molecule has 1 aliphatic heterocycles. The number of anilines is 1. The largest absolute Gasteiger partial charge is 0.495 e. The standard InChI is InChI=1S/C41H43ClN4O7.C8H8O2/c1-26(39(44-2)41(50)53-25-27-9-5-4-6-10-27)19-36(47)28-13-16-31(17-14-28)45-40(49)35(21-32-11-7-8-18-52-32)46-24-37(51-3)34(22-38(46)48)33-20-30(42)15-12-29(33)23-43;9-7-10-6-8-4-2-1-3-5-8/h4-6,9-10,12-17,20,22,24,26,32,35,39,44H,7-8,11,18-19,21,25H2,1-3H3,(H,45,49);1-5,7H,6H2. The Hall–Kier alpha value is -6.59. The number of rotatable bonds is 18. The highest BCUT2D eigenvalue weighted by Crippen LogP contribution is 2.34. The number of hydrogen-bond donors (Lipinski definition) is 2. The van der Waals surface area contributed by atoms with Gasteiger partial charge in [-0.05, 0) is 85.8 Å². The lowest BCUT2D eigenvalue weighted by Crippen LogP contribution is -2.41. The van der Waals surface area contributed by atoms with Crippen LogP contribution in [0.1, 0.15) is 72.1 Å². The van der Waals surface area contributed by atoms with Crippen molar-refractivity contribution in [3.63, 3.8) is 0 Å². The quantitative estimate of drug-likeness (QED) is 0.0495. The minimum atomic E-state index is -0.967. The zero-order valence-corrected chi connectivity index (χ0v) is 36.2. The molecular weight excluding hydrogens is 824 g/mol. The molecule has 4 atom stereocenters. The smallest absolute Gasteiger partial charge is 0.323 e. The first-order chi connectivity index (χ1) is 30.5. The SMILES string of the molecule is CNC(C(=O)OCc1ccccc1)C(C)CC(=O)c1ccc(NC(=O)C(CC2CCCCO2)n2cc(OC)c(-c3cc(Cl)ccc3C#N)cc2=O)cc1.O=COCc1ccccc1. The zero-order chi connectivity index (χ0) is 45.1. The number of aromatic nitrogens is 1. The number of halogens is 1. The molecule has 1 aromatic heterocycles. The predicted molar refractivity (Wildman–Crippen MR) is 239 cm³/mol. The van der Waals surface area contributed by atoms with Crippen LogP contribution in [0.4, 0.5) is 5.69 Å². The van der Waals surface area contributed by atoms with E-state index in [1.165, 1.54) is 23.9 Å². The van der Waals surface area contributed by atoms with Crippen molar-refractivity contribution in [1.82, 2.24) is 9.88 Å². The van der Waals surface area contributed by atoms with E-state index in [0.29, 0.717) is 52.6 Å². The summed E-state index contributed by atoms with van der Waals surface area (Å²) in [4.78, 5) is 63.5. The lowest BCUT2D eigenvalue weighted by molar-refractivity contribution is -0.148. The maximum atomic E-state index is 14.0. The maximum Gasteiger partial charge on any atom is 0.323 e. The number of pyridine rings is 1. The summed E-state index contributed by atoms with van der Waals surface area (Å²) in [6, 6.07) is 32.0. The number of nitrogens with one attached hydrogen (secondary N) is 2. The highest BCUT2D eigenvalue weighted by Gasteiger charge is 2.30. The molecule has 328 valence electrons. The second-order valence-electron chi connectivity index (χ2n) is 15.0. The van der Waals surface area contributed by atoms with Gasteiger partial charge in [-0.2, -0.15) is 5.26 Å². The summed E-state index contributed by atoms with van der Waals surface area (Å²) in [6.45, 7) is 3.34. The second-order valence-corrected chi connectivity index (χ2v) is 15.4. The molecule has 1 amide bonds. The molecule has 0 radical (unpaired) electrons. The van der Waals surface area contributed by atoms with Crippen LogP contribution in [0.5, 0.6) is 5.75 Å². The summed E-state index contributed by atoms with van der Waals surface area (Å²) >= 11 is 6.24. The van der Waals surface area contributed by atoms with Gasteiger partial charge < -0.3 is 29.6 Å². The number of amides is 1. The van der Waals surface area contributed by atoms with Gasteiger partial charge in [0.25, 0.3) is 12.0 Å². The number of ketones is 1. The number of nitrogens with zero attached hydrogens (tertiary/aromatic N) is 2. The van der Waals surface area contributed by atoms with Crippen molar-refractivity contribution in [3.05, 3.63) is 153 Å². The number of hydrogen-bond acceptors (Lipinski definition) is 11. The molecule has 0 saturated carbocycles. The second kappa shape index (κ2) is 24.2. The average Bonchev–Trinajstić information content (AvgIpc) is 3.31. The molecule has 0 aliphatic carbocycles.